The first-order valence-electron chi connectivity index (χ1n) is 5.31. The van der Waals surface area contributed by atoms with Gasteiger partial charge in [-0.15, -0.1) is 0 Å². The summed E-state index contributed by atoms with van der Waals surface area (Å²) in [4.78, 5) is 4.50. The molecule has 0 aliphatic rings. The lowest BCUT2D eigenvalue weighted by Crippen LogP contribution is -2.12. The number of nitrogens with zero attached hydrogens (tertiary/aromatic N) is 1. The zero-order valence-electron chi connectivity index (χ0n) is 9.19. The molecule has 0 spiro atoms. The molecular weight excluding hydrogens is 222 g/mol. The molecule has 0 aliphatic heterocycles. The number of thiazole rings is 1. The number of fused-ring (bicyclic) bond motifs is 1. The number of hydrogen-bond donors (Lipinski definition) is 2. The van der Waals surface area contributed by atoms with Crippen LogP contribution in [0.5, 0.6) is 5.75 Å². The second kappa shape index (κ2) is 5.14. The topological polar surface area (TPSA) is 60.2 Å². The molecule has 0 unspecified atom stereocenters. The van der Waals surface area contributed by atoms with E-state index in [1.54, 1.807) is 11.3 Å². The van der Waals surface area contributed by atoms with Gasteiger partial charge in [0.05, 0.1) is 11.3 Å². The normalized spacial score (nSPS) is 10.6. The Balaban J connectivity index is 2.32. The number of ether oxygens (including phenoxy) is 1. The Morgan fingerprint density at radius 3 is 3.12 bits per heavy atom. The summed E-state index contributed by atoms with van der Waals surface area (Å²) in [5.74, 6) is 0.844. The van der Waals surface area contributed by atoms with Crippen LogP contribution >= 0.6 is 11.3 Å². The molecule has 86 valence electrons. The van der Waals surface area contributed by atoms with Crippen LogP contribution in [0.25, 0.3) is 10.2 Å². The molecule has 0 saturated carbocycles. The number of benzene rings is 1. The van der Waals surface area contributed by atoms with Crippen molar-refractivity contribution in [3.63, 3.8) is 0 Å². The maximum Gasteiger partial charge on any atom is 0.183 e. The third-order valence-electron chi connectivity index (χ3n) is 2.10. The standard InChI is InChI=1S/C11H15N3OS/c1-2-15-8-4-3-5-9-10(8)14-11(16-9)13-7-6-12/h3-5H,2,6-7,12H2,1H3,(H,13,14). The van der Waals surface area contributed by atoms with Gasteiger partial charge in [-0.25, -0.2) is 4.98 Å². The van der Waals surface area contributed by atoms with Crippen molar-refractivity contribution < 1.29 is 4.74 Å². The molecule has 5 heteroatoms. The van der Waals surface area contributed by atoms with E-state index in [-0.39, 0.29) is 0 Å². The second-order valence-electron chi connectivity index (χ2n) is 3.27. The number of aromatic nitrogens is 1. The number of para-hydroxylation sites is 1. The van der Waals surface area contributed by atoms with E-state index in [0.717, 1.165) is 27.6 Å². The number of hydrogen-bond acceptors (Lipinski definition) is 5. The van der Waals surface area contributed by atoms with Gasteiger partial charge in [-0.2, -0.15) is 0 Å². The minimum atomic E-state index is 0.605. The second-order valence-corrected chi connectivity index (χ2v) is 4.30. The van der Waals surface area contributed by atoms with Gasteiger partial charge in [-0.05, 0) is 19.1 Å². The molecule has 3 N–H and O–H groups in total. The maximum absolute atomic E-state index is 5.53. The monoisotopic (exact) mass is 237 g/mol. The fourth-order valence-corrected chi connectivity index (χ4v) is 2.36. The van der Waals surface area contributed by atoms with Crippen molar-refractivity contribution in [2.24, 2.45) is 5.73 Å². The van der Waals surface area contributed by atoms with Crippen LogP contribution in [0.15, 0.2) is 18.2 Å². The summed E-state index contributed by atoms with van der Waals surface area (Å²) in [6.07, 6.45) is 0. The maximum atomic E-state index is 5.53. The quantitative estimate of drug-likeness (QED) is 0.835. The fourth-order valence-electron chi connectivity index (χ4n) is 1.45. The van der Waals surface area contributed by atoms with Crippen LogP contribution in [-0.4, -0.2) is 24.7 Å². The molecule has 0 radical (unpaired) electrons. The first kappa shape index (κ1) is 11.2. The van der Waals surface area contributed by atoms with E-state index in [1.165, 1.54) is 0 Å². The highest BCUT2D eigenvalue weighted by Crippen LogP contribution is 2.32. The molecule has 1 aromatic heterocycles. The van der Waals surface area contributed by atoms with E-state index in [1.807, 2.05) is 25.1 Å². The van der Waals surface area contributed by atoms with E-state index in [9.17, 15) is 0 Å². The molecule has 1 heterocycles. The average Bonchev–Trinajstić information content (AvgIpc) is 2.70. The van der Waals surface area contributed by atoms with Crippen LogP contribution in [-0.2, 0) is 0 Å². The molecule has 0 saturated heterocycles. The molecule has 1 aromatic carbocycles. The van der Waals surface area contributed by atoms with Gasteiger partial charge < -0.3 is 15.8 Å². The molecule has 4 nitrogen and oxygen atoms in total. The van der Waals surface area contributed by atoms with Gasteiger partial charge in [0.1, 0.15) is 11.3 Å². The third kappa shape index (κ3) is 2.25. The van der Waals surface area contributed by atoms with E-state index in [4.69, 9.17) is 10.5 Å². The molecule has 2 aromatic rings. The van der Waals surface area contributed by atoms with Crippen molar-refractivity contribution >= 4 is 26.7 Å². The Labute approximate surface area is 98.4 Å². The lowest BCUT2D eigenvalue weighted by atomic mass is 10.3. The molecule has 2 rings (SSSR count). The average molecular weight is 237 g/mol. The van der Waals surface area contributed by atoms with Crippen molar-refractivity contribution in [1.82, 2.24) is 4.98 Å². The van der Waals surface area contributed by atoms with Crippen LogP contribution in [0.1, 0.15) is 6.92 Å². The highest BCUT2D eigenvalue weighted by molar-refractivity contribution is 7.22. The summed E-state index contributed by atoms with van der Waals surface area (Å²) in [7, 11) is 0. The molecule has 16 heavy (non-hydrogen) atoms. The Hall–Kier alpha value is -1.33. The van der Waals surface area contributed by atoms with Crippen molar-refractivity contribution in [3.8, 4) is 5.75 Å². The van der Waals surface area contributed by atoms with Gasteiger partial charge in [-0.1, -0.05) is 17.4 Å². The van der Waals surface area contributed by atoms with Gasteiger partial charge in [0.25, 0.3) is 0 Å². The minimum absolute atomic E-state index is 0.605. The van der Waals surface area contributed by atoms with Gasteiger partial charge >= 0.3 is 0 Å². The Morgan fingerprint density at radius 2 is 2.38 bits per heavy atom. The van der Waals surface area contributed by atoms with E-state index in [0.29, 0.717) is 13.2 Å². The molecule has 0 bridgehead atoms. The van der Waals surface area contributed by atoms with Gasteiger partial charge in [-0.3, -0.25) is 0 Å². The van der Waals surface area contributed by atoms with Gasteiger partial charge in [0, 0.05) is 13.1 Å². The summed E-state index contributed by atoms with van der Waals surface area (Å²) in [6, 6.07) is 5.97. The first-order valence-corrected chi connectivity index (χ1v) is 6.13. The summed E-state index contributed by atoms with van der Waals surface area (Å²) >= 11 is 1.62. The zero-order valence-corrected chi connectivity index (χ0v) is 10.0. The SMILES string of the molecule is CCOc1cccc2sc(NCCN)nc12. The van der Waals surface area contributed by atoms with Crippen LogP contribution in [0.4, 0.5) is 5.13 Å². The summed E-state index contributed by atoms with van der Waals surface area (Å²) < 4.78 is 6.66. The van der Waals surface area contributed by atoms with E-state index in [2.05, 4.69) is 10.3 Å². The summed E-state index contributed by atoms with van der Waals surface area (Å²) in [5, 5.41) is 4.08. The predicted octanol–water partition coefficient (Wildman–Crippen LogP) is 2.07. The molecule has 0 atom stereocenters. The van der Waals surface area contributed by atoms with Crippen molar-refractivity contribution in [2.75, 3.05) is 25.0 Å². The largest absolute Gasteiger partial charge is 0.492 e. The smallest absolute Gasteiger partial charge is 0.183 e. The van der Waals surface area contributed by atoms with Crippen LogP contribution in [0.3, 0.4) is 0 Å². The van der Waals surface area contributed by atoms with Crippen LogP contribution in [0.2, 0.25) is 0 Å². The lowest BCUT2D eigenvalue weighted by molar-refractivity contribution is 0.344. The molecule has 0 amide bonds. The number of nitrogens with two attached hydrogens (primary N) is 1. The molecule has 0 fully saturated rings. The van der Waals surface area contributed by atoms with E-state index < -0.39 is 0 Å². The van der Waals surface area contributed by atoms with Crippen LogP contribution < -0.4 is 15.8 Å². The minimum Gasteiger partial charge on any atom is -0.492 e. The predicted molar refractivity (Wildman–Crippen MR) is 68.3 cm³/mol. The van der Waals surface area contributed by atoms with Gasteiger partial charge in [0.2, 0.25) is 0 Å². The van der Waals surface area contributed by atoms with Crippen molar-refractivity contribution in [3.05, 3.63) is 18.2 Å². The Kier molecular flexibility index (Phi) is 3.58. The molecule has 0 aliphatic carbocycles. The third-order valence-corrected chi connectivity index (χ3v) is 3.08. The van der Waals surface area contributed by atoms with E-state index >= 15 is 0 Å². The zero-order chi connectivity index (χ0) is 11.4. The number of anilines is 1. The Bertz CT molecular complexity index is 469. The summed E-state index contributed by atoms with van der Waals surface area (Å²) in [5.41, 5.74) is 6.36. The lowest BCUT2D eigenvalue weighted by Gasteiger charge is -2.02. The van der Waals surface area contributed by atoms with Gasteiger partial charge in [0.15, 0.2) is 5.13 Å². The van der Waals surface area contributed by atoms with Crippen LogP contribution in [0, 0.1) is 0 Å². The first-order chi connectivity index (χ1) is 7.85. The Morgan fingerprint density at radius 1 is 1.50 bits per heavy atom. The highest BCUT2D eigenvalue weighted by Gasteiger charge is 2.07. The fraction of sp³-hybridized carbons (Fsp3) is 0.364. The van der Waals surface area contributed by atoms with Crippen molar-refractivity contribution in [1.29, 1.82) is 0 Å². The number of nitrogens with one attached hydrogen (secondary N) is 1. The molecular formula is C11H15N3OS. The summed E-state index contributed by atoms with van der Waals surface area (Å²) in [6.45, 7) is 3.97. The number of rotatable bonds is 5. The van der Waals surface area contributed by atoms with Crippen molar-refractivity contribution in [2.45, 2.75) is 6.92 Å². The highest BCUT2D eigenvalue weighted by atomic mass is 32.1.